The van der Waals surface area contributed by atoms with Crippen molar-refractivity contribution in [2.75, 3.05) is 11.9 Å². The van der Waals surface area contributed by atoms with Crippen LogP contribution in [0.3, 0.4) is 0 Å². The van der Waals surface area contributed by atoms with E-state index in [0.717, 1.165) is 18.6 Å². The normalized spacial score (nSPS) is 10.5. The molecule has 0 unspecified atom stereocenters. The molecule has 0 bridgehead atoms. The Labute approximate surface area is 130 Å². The highest BCUT2D eigenvalue weighted by atomic mass is 35.5. The van der Waals surface area contributed by atoms with Gasteiger partial charge in [-0.2, -0.15) is 4.98 Å². The van der Waals surface area contributed by atoms with Crippen LogP contribution in [0.2, 0.25) is 10.0 Å². The van der Waals surface area contributed by atoms with Gasteiger partial charge in [0.2, 0.25) is 5.88 Å². The van der Waals surface area contributed by atoms with Crippen LogP contribution in [0.1, 0.15) is 13.3 Å². The maximum absolute atomic E-state index is 13.2. The number of hydrogen-bond donors (Lipinski definition) is 1. The van der Waals surface area contributed by atoms with Crippen LogP contribution >= 0.6 is 23.2 Å². The highest BCUT2D eigenvalue weighted by Crippen LogP contribution is 2.33. The Hall–Kier alpha value is -1.59. The zero-order valence-electron chi connectivity index (χ0n) is 11.1. The molecular formula is C14H12Cl2F2N2O. The Morgan fingerprint density at radius 3 is 2.57 bits per heavy atom. The van der Waals surface area contributed by atoms with Crippen molar-refractivity contribution in [2.24, 2.45) is 0 Å². The number of halogens is 4. The molecule has 0 aliphatic carbocycles. The number of rotatable bonds is 5. The summed E-state index contributed by atoms with van der Waals surface area (Å²) in [7, 11) is 0. The maximum atomic E-state index is 13.2. The second-order valence-corrected chi connectivity index (χ2v) is 5.02. The second kappa shape index (κ2) is 6.91. The van der Waals surface area contributed by atoms with Gasteiger partial charge in [0.05, 0.1) is 5.02 Å². The number of ether oxygens (including phenoxy) is 1. The average Bonchev–Trinajstić information content (AvgIpc) is 2.44. The molecule has 0 fully saturated rings. The van der Waals surface area contributed by atoms with Gasteiger partial charge in [0.15, 0.2) is 11.6 Å². The fourth-order valence-electron chi connectivity index (χ4n) is 1.54. The van der Waals surface area contributed by atoms with Gasteiger partial charge >= 0.3 is 0 Å². The van der Waals surface area contributed by atoms with Crippen LogP contribution in [0.25, 0.3) is 0 Å². The third-order valence-corrected chi connectivity index (χ3v) is 3.10. The van der Waals surface area contributed by atoms with E-state index in [9.17, 15) is 8.78 Å². The number of anilines is 1. The Kier molecular flexibility index (Phi) is 5.20. The molecule has 112 valence electrons. The number of pyridine rings is 1. The molecule has 0 saturated carbocycles. The Bertz CT molecular complexity index is 653. The maximum Gasteiger partial charge on any atom is 0.240 e. The van der Waals surface area contributed by atoms with Crippen LogP contribution in [0.5, 0.6) is 11.6 Å². The summed E-state index contributed by atoms with van der Waals surface area (Å²) in [6, 6.07) is 4.64. The third-order valence-electron chi connectivity index (χ3n) is 2.55. The second-order valence-electron chi connectivity index (χ2n) is 4.21. The first-order valence-electron chi connectivity index (χ1n) is 6.24. The molecule has 0 aliphatic heterocycles. The summed E-state index contributed by atoms with van der Waals surface area (Å²) in [6.07, 6.45) is 0.889. The van der Waals surface area contributed by atoms with E-state index in [1.165, 1.54) is 12.1 Å². The molecule has 7 heteroatoms. The number of benzene rings is 1. The smallest absolute Gasteiger partial charge is 0.240 e. The van der Waals surface area contributed by atoms with E-state index >= 15 is 0 Å². The van der Waals surface area contributed by atoms with Crippen molar-refractivity contribution in [3.8, 4) is 11.6 Å². The summed E-state index contributed by atoms with van der Waals surface area (Å²) < 4.78 is 31.4. The predicted molar refractivity (Wildman–Crippen MR) is 79.5 cm³/mol. The van der Waals surface area contributed by atoms with Crippen molar-refractivity contribution < 1.29 is 13.5 Å². The van der Waals surface area contributed by atoms with Crippen molar-refractivity contribution in [3.63, 3.8) is 0 Å². The molecular weight excluding hydrogens is 321 g/mol. The first kappa shape index (κ1) is 15.8. The molecule has 3 nitrogen and oxygen atoms in total. The zero-order chi connectivity index (χ0) is 15.4. The summed E-state index contributed by atoms with van der Waals surface area (Å²) in [5, 5.41) is 3.55. The van der Waals surface area contributed by atoms with Crippen LogP contribution in [-0.4, -0.2) is 11.5 Å². The minimum atomic E-state index is -1.01. The Morgan fingerprint density at radius 2 is 1.90 bits per heavy atom. The quantitative estimate of drug-likeness (QED) is 0.808. The summed E-state index contributed by atoms with van der Waals surface area (Å²) in [6.45, 7) is 2.68. The highest BCUT2D eigenvalue weighted by Gasteiger charge is 2.12. The molecule has 21 heavy (non-hydrogen) atoms. The molecule has 0 radical (unpaired) electrons. The molecule has 1 heterocycles. The third kappa shape index (κ3) is 3.95. The van der Waals surface area contributed by atoms with Crippen molar-refractivity contribution >= 4 is 29.0 Å². The highest BCUT2D eigenvalue weighted by molar-refractivity contribution is 6.36. The van der Waals surface area contributed by atoms with Gasteiger partial charge in [-0.1, -0.05) is 30.1 Å². The van der Waals surface area contributed by atoms with Gasteiger partial charge in [0, 0.05) is 12.6 Å². The number of nitrogens with one attached hydrogen (secondary N) is 1. The molecule has 1 aromatic carbocycles. The fraction of sp³-hybridized carbons (Fsp3) is 0.214. The van der Waals surface area contributed by atoms with Gasteiger partial charge in [-0.3, -0.25) is 0 Å². The zero-order valence-corrected chi connectivity index (χ0v) is 12.6. The SMILES string of the molecule is CCCNc1nc(Oc2ccc(F)c(F)c2)c(Cl)cc1Cl. The molecule has 1 aromatic heterocycles. The van der Waals surface area contributed by atoms with E-state index in [0.29, 0.717) is 17.4 Å². The van der Waals surface area contributed by atoms with Crippen LogP contribution in [0.4, 0.5) is 14.6 Å². The summed E-state index contributed by atoms with van der Waals surface area (Å²) in [5.41, 5.74) is 0. The van der Waals surface area contributed by atoms with Gasteiger partial charge < -0.3 is 10.1 Å². The van der Waals surface area contributed by atoms with E-state index in [4.69, 9.17) is 27.9 Å². The van der Waals surface area contributed by atoms with Crippen LogP contribution in [-0.2, 0) is 0 Å². The predicted octanol–water partition coefficient (Wildman–Crippen LogP) is 5.28. The molecule has 0 atom stereocenters. The Morgan fingerprint density at radius 1 is 1.14 bits per heavy atom. The molecule has 0 amide bonds. The van der Waals surface area contributed by atoms with E-state index in [-0.39, 0.29) is 16.7 Å². The molecule has 2 rings (SSSR count). The average molecular weight is 333 g/mol. The summed E-state index contributed by atoms with van der Waals surface area (Å²) in [4.78, 5) is 4.14. The minimum absolute atomic E-state index is 0.0608. The standard InChI is InChI=1S/C14H12Cl2F2N2O/c1-2-5-19-13-9(15)7-10(16)14(20-13)21-8-3-4-11(17)12(18)6-8/h3-4,6-7H,2,5H2,1H3,(H,19,20). The van der Waals surface area contributed by atoms with E-state index < -0.39 is 11.6 Å². The summed E-state index contributed by atoms with van der Waals surface area (Å²) >= 11 is 12.0. The summed E-state index contributed by atoms with van der Waals surface area (Å²) in [5.74, 6) is -1.40. The van der Waals surface area contributed by atoms with Crippen LogP contribution < -0.4 is 10.1 Å². The van der Waals surface area contributed by atoms with Gasteiger partial charge in [-0.05, 0) is 24.6 Å². The lowest BCUT2D eigenvalue weighted by Crippen LogP contribution is -2.03. The Balaban J connectivity index is 2.28. The number of aromatic nitrogens is 1. The van der Waals surface area contributed by atoms with Crippen LogP contribution in [0, 0.1) is 11.6 Å². The van der Waals surface area contributed by atoms with Gasteiger partial charge in [-0.25, -0.2) is 8.78 Å². The monoisotopic (exact) mass is 332 g/mol. The van der Waals surface area contributed by atoms with Crippen LogP contribution in [0.15, 0.2) is 24.3 Å². The fourth-order valence-corrected chi connectivity index (χ4v) is 2.00. The number of hydrogen-bond acceptors (Lipinski definition) is 3. The largest absolute Gasteiger partial charge is 0.437 e. The van der Waals surface area contributed by atoms with Gasteiger partial charge in [0.25, 0.3) is 0 Å². The van der Waals surface area contributed by atoms with Crippen molar-refractivity contribution in [3.05, 3.63) is 45.9 Å². The van der Waals surface area contributed by atoms with Crippen molar-refractivity contribution in [2.45, 2.75) is 13.3 Å². The molecule has 0 spiro atoms. The lowest BCUT2D eigenvalue weighted by molar-refractivity contribution is 0.448. The van der Waals surface area contributed by atoms with E-state index in [1.54, 1.807) is 0 Å². The van der Waals surface area contributed by atoms with Gasteiger partial charge in [-0.15, -0.1) is 0 Å². The van der Waals surface area contributed by atoms with Gasteiger partial charge in [0.1, 0.15) is 16.6 Å². The van der Waals surface area contributed by atoms with Crippen molar-refractivity contribution in [1.29, 1.82) is 0 Å². The number of nitrogens with zero attached hydrogens (tertiary/aromatic N) is 1. The minimum Gasteiger partial charge on any atom is -0.437 e. The van der Waals surface area contributed by atoms with E-state index in [2.05, 4.69) is 10.3 Å². The molecule has 1 N–H and O–H groups in total. The van der Waals surface area contributed by atoms with E-state index in [1.807, 2.05) is 6.92 Å². The first-order chi connectivity index (χ1) is 10.0. The topological polar surface area (TPSA) is 34.2 Å². The molecule has 0 saturated heterocycles. The lowest BCUT2D eigenvalue weighted by Gasteiger charge is -2.11. The first-order valence-corrected chi connectivity index (χ1v) is 6.99. The molecule has 2 aromatic rings. The van der Waals surface area contributed by atoms with Crippen molar-refractivity contribution in [1.82, 2.24) is 4.98 Å². The lowest BCUT2D eigenvalue weighted by atomic mass is 10.3. The molecule has 0 aliphatic rings.